The van der Waals surface area contributed by atoms with E-state index in [1.807, 2.05) is 42.5 Å². The first kappa shape index (κ1) is 29.6. The first-order valence-corrected chi connectivity index (χ1v) is 13.4. The summed E-state index contributed by atoms with van der Waals surface area (Å²) in [6, 6.07) is 28.5. The minimum Gasteiger partial charge on any atom is -0.489 e. The summed E-state index contributed by atoms with van der Waals surface area (Å²) in [5.41, 5.74) is 6.12. The number of carbonyl (C=O) groups is 1. The van der Waals surface area contributed by atoms with Crippen LogP contribution in [-0.4, -0.2) is 25.6 Å². The van der Waals surface area contributed by atoms with Crippen LogP contribution in [-0.2, 0) is 24.6 Å². The van der Waals surface area contributed by atoms with Crippen LogP contribution in [0.25, 0.3) is 11.1 Å². The molecule has 1 amide bonds. The second kappa shape index (κ2) is 14.8. The van der Waals surface area contributed by atoms with Gasteiger partial charge >= 0.3 is 6.61 Å². The van der Waals surface area contributed by atoms with Gasteiger partial charge in [-0.3, -0.25) is 4.79 Å². The van der Waals surface area contributed by atoms with Gasteiger partial charge in [-0.25, -0.2) is 0 Å². The Hall–Kier alpha value is -4.43. The highest BCUT2D eigenvalue weighted by atomic mass is 19.3. The molecule has 0 aliphatic heterocycles. The molecular formula is C33H34F2N2O4. The topological polar surface area (TPSA) is 68.8 Å². The number of rotatable bonds is 14. The molecule has 0 saturated carbocycles. The smallest absolute Gasteiger partial charge is 0.387 e. The molecular weight excluding hydrogens is 526 g/mol. The van der Waals surface area contributed by atoms with Gasteiger partial charge in [-0.15, -0.1) is 0 Å². The van der Waals surface area contributed by atoms with Gasteiger partial charge in [-0.2, -0.15) is 8.78 Å². The van der Waals surface area contributed by atoms with Gasteiger partial charge in [0.25, 0.3) is 0 Å². The molecule has 4 aromatic carbocycles. The molecule has 0 aromatic heterocycles. The van der Waals surface area contributed by atoms with Crippen molar-refractivity contribution in [1.29, 1.82) is 0 Å². The lowest BCUT2D eigenvalue weighted by atomic mass is 9.97. The fraction of sp³-hybridized carbons (Fsp3) is 0.242. The third-order valence-corrected chi connectivity index (χ3v) is 6.47. The van der Waals surface area contributed by atoms with Crippen molar-refractivity contribution in [3.63, 3.8) is 0 Å². The molecule has 4 aromatic rings. The van der Waals surface area contributed by atoms with Gasteiger partial charge in [0.05, 0.1) is 0 Å². The molecule has 2 N–H and O–H groups in total. The van der Waals surface area contributed by atoms with E-state index in [0.717, 1.165) is 27.8 Å². The van der Waals surface area contributed by atoms with Crippen molar-refractivity contribution in [3.05, 3.63) is 113 Å². The van der Waals surface area contributed by atoms with Crippen LogP contribution >= 0.6 is 0 Å². The number of amides is 1. The van der Waals surface area contributed by atoms with Gasteiger partial charge in [-0.05, 0) is 52.9 Å². The van der Waals surface area contributed by atoms with Crippen LogP contribution in [0.2, 0.25) is 0 Å². The molecule has 6 nitrogen and oxygen atoms in total. The van der Waals surface area contributed by atoms with Crippen molar-refractivity contribution in [3.8, 4) is 28.4 Å². The van der Waals surface area contributed by atoms with E-state index < -0.39 is 6.61 Å². The lowest BCUT2D eigenvalue weighted by Crippen LogP contribution is -2.30. The molecule has 0 bridgehead atoms. The van der Waals surface area contributed by atoms with Crippen molar-refractivity contribution in [2.75, 3.05) is 13.1 Å². The Kier molecular flexibility index (Phi) is 10.7. The Morgan fingerprint density at radius 3 is 2.39 bits per heavy atom. The van der Waals surface area contributed by atoms with Crippen molar-refractivity contribution in [1.82, 2.24) is 10.6 Å². The summed E-state index contributed by atoms with van der Waals surface area (Å²) in [7, 11) is 0. The van der Waals surface area contributed by atoms with Crippen molar-refractivity contribution in [2.45, 2.75) is 40.2 Å². The molecule has 41 heavy (non-hydrogen) atoms. The maximum atomic E-state index is 12.6. The highest BCUT2D eigenvalue weighted by Crippen LogP contribution is 2.29. The summed E-state index contributed by atoms with van der Waals surface area (Å²) in [6.45, 7) is 2.80. The second-order valence-electron chi connectivity index (χ2n) is 9.49. The van der Waals surface area contributed by atoms with E-state index in [0.29, 0.717) is 43.3 Å². The molecule has 0 radical (unpaired) electrons. The fourth-order valence-electron chi connectivity index (χ4n) is 4.36. The SMILES string of the molecule is CC(=O)NCCNCc1ccc(OCc2cccc(-c3ccccc3)c2C)cc1OCc1cccc(OC(F)F)c1. The average molecular weight is 561 g/mol. The number of halogens is 2. The summed E-state index contributed by atoms with van der Waals surface area (Å²) in [5, 5.41) is 6.05. The lowest BCUT2D eigenvalue weighted by Gasteiger charge is -2.16. The van der Waals surface area contributed by atoms with Crippen LogP contribution in [0.1, 0.15) is 29.2 Å². The third kappa shape index (κ3) is 9.05. The van der Waals surface area contributed by atoms with Crippen molar-refractivity contribution >= 4 is 5.91 Å². The van der Waals surface area contributed by atoms with Gasteiger partial charge in [0.1, 0.15) is 30.5 Å². The van der Waals surface area contributed by atoms with Crippen LogP contribution in [0.3, 0.4) is 0 Å². The number of ether oxygens (including phenoxy) is 3. The highest BCUT2D eigenvalue weighted by molar-refractivity contribution is 5.72. The van der Waals surface area contributed by atoms with Crippen molar-refractivity contribution < 1.29 is 27.8 Å². The Labute approximate surface area is 239 Å². The number of benzene rings is 4. The van der Waals surface area contributed by atoms with Crippen LogP contribution < -0.4 is 24.8 Å². The maximum absolute atomic E-state index is 12.6. The Morgan fingerprint density at radius 1 is 0.805 bits per heavy atom. The fourth-order valence-corrected chi connectivity index (χ4v) is 4.36. The molecule has 0 unspecified atom stereocenters. The quantitative estimate of drug-likeness (QED) is 0.169. The normalized spacial score (nSPS) is 10.9. The van der Waals surface area contributed by atoms with E-state index in [1.165, 1.54) is 19.1 Å². The van der Waals surface area contributed by atoms with E-state index in [4.69, 9.17) is 9.47 Å². The maximum Gasteiger partial charge on any atom is 0.387 e. The standard InChI is InChI=1S/C33H34F2N2O4/c1-23-28(11-7-13-31(23)26-9-4-3-5-10-26)22-39-29-15-14-27(20-36-16-17-37-24(2)38)32(19-29)40-21-25-8-6-12-30(18-25)41-33(34)35/h3-15,18-19,33,36H,16-17,20-22H2,1-2H3,(H,37,38). The van der Waals surface area contributed by atoms with Crippen LogP contribution in [0.15, 0.2) is 91.0 Å². The first-order valence-electron chi connectivity index (χ1n) is 13.4. The monoisotopic (exact) mass is 560 g/mol. The molecule has 8 heteroatoms. The largest absolute Gasteiger partial charge is 0.489 e. The molecule has 0 aliphatic carbocycles. The summed E-state index contributed by atoms with van der Waals surface area (Å²) in [5.74, 6) is 1.23. The van der Waals surface area contributed by atoms with E-state index in [1.54, 1.807) is 12.1 Å². The Morgan fingerprint density at radius 2 is 1.61 bits per heavy atom. The first-order chi connectivity index (χ1) is 19.9. The molecule has 0 aliphatic rings. The number of hydrogen-bond donors (Lipinski definition) is 2. The highest BCUT2D eigenvalue weighted by Gasteiger charge is 2.11. The Bertz CT molecular complexity index is 1430. The zero-order valence-corrected chi connectivity index (χ0v) is 23.2. The summed E-state index contributed by atoms with van der Waals surface area (Å²) in [4.78, 5) is 11.1. The predicted octanol–water partition coefficient (Wildman–Crippen LogP) is 6.65. The summed E-state index contributed by atoms with van der Waals surface area (Å²) >= 11 is 0. The molecule has 214 valence electrons. The van der Waals surface area contributed by atoms with Crippen molar-refractivity contribution in [2.24, 2.45) is 0 Å². The van der Waals surface area contributed by atoms with Gasteiger partial charge < -0.3 is 24.8 Å². The van der Waals surface area contributed by atoms with Gasteiger partial charge in [0.2, 0.25) is 5.91 Å². The van der Waals surface area contributed by atoms with Gasteiger partial charge in [0, 0.05) is 38.2 Å². The number of hydrogen-bond acceptors (Lipinski definition) is 5. The minimum atomic E-state index is -2.90. The lowest BCUT2D eigenvalue weighted by molar-refractivity contribution is -0.118. The average Bonchev–Trinajstić information content (AvgIpc) is 2.96. The van der Waals surface area contributed by atoms with E-state index in [9.17, 15) is 13.6 Å². The minimum absolute atomic E-state index is 0.0751. The number of alkyl halides is 2. The second-order valence-corrected chi connectivity index (χ2v) is 9.49. The summed E-state index contributed by atoms with van der Waals surface area (Å²) < 4.78 is 42.1. The molecule has 0 fully saturated rings. The third-order valence-electron chi connectivity index (χ3n) is 6.47. The molecule has 0 saturated heterocycles. The predicted molar refractivity (Wildman–Crippen MR) is 155 cm³/mol. The molecule has 0 atom stereocenters. The van der Waals surface area contributed by atoms with Gasteiger partial charge in [0.15, 0.2) is 0 Å². The van der Waals surface area contributed by atoms with Gasteiger partial charge in [-0.1, -0.05) is 66.7 Å². The molecule has 0 heterocycles. The molecule has 4 rings (SSSR count). The number of carbonyl (C=O) groups excluding carboxylic acids is 1. The van der Waals surface area contributed by atoms with E-state index >= 15 is 0 Å². The Balaban J connectivity index is 1.47. The van der Waals surface area contributed by atoms with E-state index in [-0.39, 0.29) is 18.3 Å². The van der Waals surface area contributed by atoms with Crippen LogP contribution in [0, 0.1) is 6.92 Å². The zero-order chi connectivity index (χ0) is 29.0. The summed E-state index contributed by atoms with van der Waals surface area (Å²) in [6.07, 6.45) is 0. The number of nitrogens with one attached hydrogen (secondary N) is 2. The zero-order valence-electron chi connectivity index (χ0n) is 23.2. The van der Waals surface area contributed by atoms with E-state index in [2.05, 4.69) is 46.6 Å². The van der Waals surface area contributed by atoms with Crippen LogP contribution in [0.4, 0.5) is 8.78 Å². The molecule has 0 spiro atoms. The van der Waals surface area contributed by atoms with Crippen LogP contribution in [0.5, 0.6) is 17.2 Å².